The maximum Gasteiger partial charge on any atom is 0.272 e. The van der Waals surface area contributed by atoms with Gasteiger partial charge in [0, 0.05) is 45.5 Å². The number of amides is 1. The highest BCUT2D eigenvalue weighted by molar-refractivity contribution is 5.92. The maximum absolute atomic E-state index is 12.6. The number of hydrogen-bond donors (Lipinski definition) is 0. The Morgan fingerprint density at radius 1 is 1.18 bits per heavy atom. The third-order valence-corrected chi connectivity index (χ3v) is 3.92. The number of carbonyl (C=O) groups excluding carboxylic acids is 1. The monoisotopic (exact) mass is 305 g/mol. The number of carbonyl (C=O) groups is 1. The number of rotatable bonds is 6. The molecular weight excluding hydrogens is 278 g/mol. The molecule has 2 rings (SSSR count). The molecule has 0 saturated carbocycles. The van der Waals surface area contributed by atoms with Crippen molar-refractivity contribution >= 4 is 11.9 Å². The second-order valence-corrected chi connectivity index (χ2v) is 5.82. The number of likely N-dealkylation sites (N-methyl/N-ethyl adjacent to an activating group) is 1. The molecule has 122 valence electrons. The number of anilines is 1. The average molecular weight is 305 g/mol. The number of nitrogens with zero attached hydrogens (tertiary/aromatic N) is 5. The molecule has 6 heteroatoms. The molecule has 0 unspecified atom stereocenters. The number of hydrogen-bond acceptors (Lipinski definition) is 5. The minimum atomic E-state index is 0.0182. The molecule has 0 bridgehead atoms. The zero-order valence-corrected chi connectivity index (χ0v) is 14.0. The van der Waals surface area contributed by atoms with E-state index >= 15 is 0 Å². The van der Waals surface area contributed by atoms with Crippen LogP contribution in [0.4, 0.5) is 5.95 Å². The molecule has 1 aromatic rings. The Morgan fingerprint density at radius 3 is 2.41 bits per heavy atom. The van der Waals surface area contributed by atoms with Gasteiger partial charge in [0.1, 0.15) is 5.69 Å². The Balaban J connectivity index is 2.11. The van der Waals surface area contributed by atoms with Crippen molar-refractivity contribution in [2.45, 2.75) is 26.7 Å². The summed E-state index contributed by atoms with van der Waals surface area (Å²) in [5.41, 5.74) is 0.506. The summed E-state index contributed by atoms with van der Waals surface area (Å²) >= 11 is 0. The molecule has 1 aliphatic rings. The van der Waals surface area contributed by atoms with Crippen LogP contribution >= 0.6 is 0 Å². The third-order valence-electron chi connectivity index (χ3n) is 3.92. The minimum absolute atomic E-state index is 0.0182. The van der Waals surface area contributed by atoms with Crippen LogP contribution in [0.5, 0.6) is 0 Å². The van der Waals surface area contributed by atoms with Gasteiger partial charge in [-0.05, 0) is 26.0 Å². The molecule has 0 N–H and O–H groups in total. The fourth-order valence-electron chi connectivity index (χ4n) is 2.64. The highest BCUT2D eigenvalue weighted by Crippen LogP contribution is 2.12. The van der Waals surface area contributed by atoms with E-state index in [1.54, 1.807) is 12.3 Å². The first kappa shape index (κ1) is 16.7. The minimum Gasteiger partial charge on any atom is -0.341 e. The predicted molar refractivity (Wildman–Crippen MR) is 88.2 cm³/mol. The van der Waals surface area contributed by atoms with E-state index in [-0.39, 0.29) is 5.91 Å². The summed E-state index contributed by atoms with van der Waals surface area (Å²) in [6.07, 6.45) is 3.78. The lowest BCUT2D eigenvalue weighted by Gasteiger charge is -2.32. The van der Waals surface area contributed by atoms with Gasteiger partial charge in [0.25, 0.3) is 5.91 Å². The zero-order valence-electron chi connectivity index (χ0n) is 14.0. The van der Waals surface area contributed by atoms with Crippen LogP contribution in [0.3, 0.4) is 0 Å². The lowest BCUT2D eigenvalue weighted by molar-refractivity contribution is 0.0658. The summed E-state index contributed by atoms with van der Waals surface area (Å²) in [4.78, 5) is 27.7. The van der Waals surface area contributed by atoms with Gasteiger partial charge in [-0.25, -0.2) is 9.97 Å². The van der Waals surface area contributed by atoms with E-state index in [0.29, 0.717) is 11.6 Å². The SMILES string of the molecule is CCCN(CCC)c1nccc(C(=O)N2CCN(C)CC2)n1. The number of piperazine rings is 1. The quantitative estimate of drug-likeness (QED) is 0.797. The molecule has 1 amide bonds. The van der Waals surface area contributed by atoms with Gasteiger partial charge in [-0.1, -0.05) is 13.8 Å². The van der Waals surface area contributed by atoms with Crippen molar-refractivity contribution in [3.63, 3.8) is 0 Å². The Morgan fingerprint density at radius 2 is 1.82 bits per heavy atom. The summed E-state index contributed by atoms with van der Waals surface area (Å²) in [5, 5.41) is 0. The summed E-state index contributed by atoms with van der Waals surface area (Å²) in [7, 11) is 2.08. The van der Waals surface area contributed by atoms with Crippen LogP contribution in [0.15, 0.2) is 12.3 Å². The summed E-state index contributed by atoms with van der Waals surface area (Å²) < 4.78 is 0. The first-order valence-electron chi connectivity index (χ1n) is 8.21. The number of aromatic nitrogens is 2. The molecule has 1 aliphatic heterocycles. The Bertz CT molecular complexity index is 479. The van der Waals surface area contributed by atoms with Crippen molar-refractivity contribution in [2.24, 2.45) is 0 Å². The summed E-state index contributed by atoms with van der Waals surface area (Å²) in [5.74, 6) is 0.688. The van der Waals surface area contributed by atoms with E-state index in [2.05, 4.69) is 40.7 Å². The highest BCUT2D eigenvalue weighted by atomic mass is 16.2. The van der Waals surface area contributed by atoms with Crippen molar-refractivity contribution in [2.75, 3.05) is 51.2 Å². The van der Waals surface area contributed by atoms with Crippen LogP contribution in [0, 0.1) is 0 Å². The first-order valence-corrected chi connectivity index (χ1v) is 8.21. The van der Waals surface area contributed by atoms with Gasteiger partial charge in [-0.3, -0.25) is 4.79 Å². The van der Waals surface area contributed by atoms with Crippen LogP contribution in [0.1, 0.15) is 37.2 Å². The second kappa shape index (κ2) is 8.08. The van der Waals surface area contributed by atoms with Crippen molar-refractivity contribution in [3.8, 4) is 0 Å². The van der Waals surface area contributed by atoms with Gasteiger partial charge in [-0.15, -0.1) is 0 Å². The Hall–Kier alpha value is -1.69. The molecule has 2 heterocycles. The Labute approximate surface area is 133 Å². The van der Waals surface area contributed by atoms with Crippen LogP contribution < -0.4 is 4.90 Å². The van der Waals surface area contributed by atoms with E-state index < -0.39 is 0 Å². The van der Waals surface area contributed by atoms with Crippen LogP contribution in [-0.4, -0.2) is 72.0 Å². The standard InChI is InChI=1S/C16H27N5O/c1-4-8-21(9-5-2)16-17-7-6-14(18-16)15(22)20-12-10-19(3)11-13-20/h6-7H,4-5,8-13H2,1-3H3. The van der Waals surface area contributed by atoms with Gasteiger partial charge in [0.2, 0.25) is 5.95 Å². The molecule has 0 atom stereocenters. The van der Waals surface area contributed by atoms with Gasteiger partial charge in [-0.2, -0.15) is 0 Å². The van der Waals surface area contributed by atoms with Crippen molar-refractivity contribution < 1.29 is 4.79 Å². The normalized spacial score (nSPS) is 15.9. The highest BCUT2D eigenvalue weighted by Gasteiger charge is 2.22. The van der Waals surface area contributed by atoms with E-state index in [9.17, 15) is 4.79 Å². The van der Waals surface area contributed by atoms with Crippen LogP contribution in [0.25, 0.3) is 0 Å². The lowest BCUT2D eigenvalue weighted by atomic mass is 10.3. The van der Waals surface area contributed by atoms with Crippen LogP contribution in [-0.2, 0) is 0 Å². The van der Waals surface area contributed by atoms with Crippen LogP contribution in [0.2, 0.25) is 0 Å². The first-order chi connectivity index (χ1) is 10.7. The second-order valence-electron chi connectivity index (χ2n) is 5.82. The molecule has 6 nitrogen and oxygen atoms in total. The predicted octanol–water partition coefficient (Wildman–Crippen LogP) is 1.49. The fraction of sp³-hybridized carbons (Fsp3) is 0.688. The molecule has 1 saturated heterocycles. The average Bonchev–Trinajstić information content (AvgIpc) is 2.55. The molecule has 0 radical (unpaired) electrons. The molecule has 0 spiro atoms. The smallest absolute Gasteiger partial charge is 0.272 e. The van der Waals surface area contributed by atoms with Crippen molar-refractivity contribution in [1.82, 2.24) is 19.8 Å². The molecule has 1 fully saturated rings. The van der Waals surface area contributed by atoms with Gasteiger partial charge < -0.3 is 14.7 Å². The lowest BCUT2D eigenvalue weighted by Crippen LogP contribution is -2.47. The van der Waals surface area contributed by atoms with Gasteiger partial charge in [0.15, 0.2) is 0 Å². The molecule has 1 aromatic heterocycles. The Kier molecular flexibility index (Phi) is 6.12. The largest absolute Gasteiger partial charge is 0.341 e. The maximum atomic E-state index is 12.6. The van der Waals surface area contributed by atoms with Crippen molar-refractivity contribution in [1.29, 1.82) is 0 Å². The van der Waals surface area contributed by atoms with E-state index in [4.69, 9.17) is 0 Å². The van der Waals surface area contributed by atoms with E-state index in [0.717, 1.165) is 52.1 Å². The van der Waals surface area contributed by atoms with Crippen molar-refractivity contribution in [3.05, 3.63) is 18.0 Å². The van der Waals surface area contributed by atoms with E-state index in [1.807, 2.05) is 4.90 Å². The summed E-state index contributed by atoms with van der Waals surface area (Å²) in [6.45, 7) is 9.48. The molecular formula is C16H27N5O. The zero-order chi connectivity index (χ0) is 15.9. The summed E-state index contributed by atoms with van der Waals surface area (Å²) in [6, 6.07) is 1.72. The topological polar surface area (TPSA) is 52.6 Å². The van der Waals surface area contributed by atoms with E-state index in [1.165, 1.54) is 0 Å². The molecule has 0 aliphatic carbocycles. The third kappa shape index (κ3) is 4.16. The van der Waals surface area contributed by atoms with Gasteiger partial charge in [0.05, 0.1) is 0 Å². The molecule has 0 aromatic carbocycles. The van der Waals surface area contributed by atoms with Gasteiger partial charge >= 0.3 is 0 Å². The fourth-order valence-corrected chi connectivity index (χ4v) is 2.64. The molecule has 22 heavy (non-hydrogen) atoms.